The molecule has 0 aliphatic heterocycles. The number of rotatable bonds is 7. The molecule has 0 fully saturated rings. The number of aromatic nitrogens is 1. The van der Waals surface area contributed by atoms with Gasteiger partial charge in [0.15, 0.2) is 0 Å². The highest BCUT2D eigenvalue weighted by atomic mass is 16.5. The first-order chi connectivity index (χ1) is 6.86. The van der Waals surface area contributed by atoms with Crippen LogP contribution in [-0.2, 0) is 17.8 Å². The highest BCUT2D eigenvalue weighted by molar-refractivity contribution is 5.09. The summed E-state index contributed by atoms with van der Waals surface area (Å²) in [5.74, 6) is 0. The summed E-state index contributed by atoms with van der Waals surface area (Å²) in [6.45, 7) is 3.30. The van der Waals surface area contributed by atoms with Crippen LogP contribution >= 0.6 is 0 Å². The van der Waals surface area contributed by atoms with Crippen molar-refractivity contribution in [2.75, 3.05) is 26.9 Å². The van der Waals surface area contributed by atoms with Crippen LogP contribution in [0, 0.1) is 0 Å². The van der Waals surface area contributed by atoms with Gasteiger partial charge in [-0.3, -0.25) is 0 Å². The van der Waals surface area contributed by atoms with Gasteiger partial charge in [0.25, 0.3) is 0 Å². The van der Waals surface area contributed by atoms with Crippen LogP contribution in [0.4, 0.5) is 0 Å². The minimum Gasteiger partial charge on any atom is -0.395 e. The molecule has 1 heterocycles. The van der Waals surface area contributed by atoms with Gasteiger partial charge in [-0.1, -0.05) is 0 Å². The Morgan fingerprint density at radius 2 is 2.43 bits per heavy atom. The molecule has 0 saturated heterocycles. The highest BCUT2D eigenvalue weighted by Crippen LogP contribution is 2.00. The van der Waals surface area contributed by atoms with Crippen molar-refractivity contribution in [2.24, 2.45) is 0 Å². The van der Waals surface area contributed by atoms with E-state index in [4.69, 9.17) is 9.84 Å². The third kappa shape index (κ3) is 3.91. The van der Waals surface area contributed by atoms with Crippen molar-refractivity contribution < 1.29 is 9.84 Å². The lowest BCUT2D eigenvalue weighted by molar-refractivity contribution is 0.199. The van der Waals surface area contributed by atoms with Crippen LogP contribution in [0.2, 0.25) is 0 Å². The maximum Gasteiger partial charge on any atom is 0.0610 e. The molecular formula is C10H18N2O2. The molecule has 0 atom stereocenters. The molecule has 0 amide bonds. The molecule has 0 aliphatic carbocycles. The average molecular weight is 198 g/mol. The Morgan fingerprint density at radius 3 is 3.14 bits per heavy atom. The lowest BCUT2D eigenvalue weighted by Gasteiger charge is -2.01. The lowest BCUT2D eigenvalue weighted by Crippen LogP contribution is -2.18. The van der Waals surface area contributed by atoms with Crippen LogP contribution in [0.3, 0.4) is 0 Å². The predicted molar refractivity (Wildman–Crippen MR) is 55.1 cm³/mol. The summed E-state index contributed by atoms with van der Waals surface area (Å²) >= 11 is 0. The quantitative estimate of drug-likeness (QED) is 0.616. The summed E-state index contributed by atoms with van der Waals surface area (Å²) in [5.41, 5.74) is 1.23. The summed E-state index contributed by atoms with van der Waals surface area (Å²) in [7, 11) is 1.69. The summed E-state index contributed by atoms with van der Waals surface area (Å²) in [5, 5.41) is 12.0. The van der Waals surface area contributed by atoms with E-state index < -0.39 is 0 Å². The topological polar surface area (TPSA) is 46.4 Å². The zero-order valence-electron chi connectivity index (χ0n) is 8.57. The summed E-state index contributed by atoms with van der Waals surface area (Å²) in [6, 6.07) is 2.05. The largest absolute Gasteiger partial charge is 0.395 e. The van der Waals surface area contributed by atoms with Crippen molar-refractivity contribution in [3.63, 3.8) is 0 Å². The van der Waals surface area contributed by atoms with E-state index in [0.29, 0.717) is 6.54 Å². The molecule has 0 aromatic carbocycles. The molecule has 2 N–H and O–H groups in total. The minimum atomic E-state index is 0.186. The molecule has 1 aromatic rings. The van der Waals surface area contributed by atoms with E-state index in [2.05, 4.69) is 11.4 Å². The number of aliphatic hydroxyl groups is 1. The summed E-state index contributed by atoms with van der Waals surface area (Å²) < 4.78 is 6.90. The number of nitrogens with zero attached hydrogens (tertiary/aromatic N) is 1. The second-order valence-corrected chi connectivity index (χ2v) is 3.15. The minimum absolute atomic E-state index is 0.186. The van der Waals surface area contributed by atoms with Crippen molar-refractivity contribution in [3.05, 3.63) is 24.0 Å². The van der Waals surface area contributed by atoms with E-state index in [-0.39, 0.29) is 6.61 Å². The predicted octanol–water partition coefficient (Wildman–Crippen LogP) is 0.216. The van der Waals surface area contributed by atoms with Gasteiger partial charge >= 0.3 is 0 Å². The molecule has 1 aromatic heterocycles. The molecule has 80 valence electrons. The first-order valence-corrected chi connectivity index (χ1v) is 4.82. The second-order valence-electron chi connectivity index (χ2n) is 3.15. The van der Waals surface area contributed by atoms with Crippen molar-refractivity contribution >= 4 is 0 Å². The van der Waals surface area contributed by atoms with E-state index in [9.17, 15) is 0 Å². The van der Waals surface area contributed by atoms with E-state index >= 15 is 0 Å². The van der Waals surface area contributed by atoms with Gasteiger partial charge in [-0.15, -0.1) is 0 Å². The van der Waals surface area contributed by atoms with Gasteiger partial charge < -0.3 is 19.7 Å². The number of hydrogen-bond acceptors (Lipinski definition) is 3. The molecule has 0 saturated carbocycles. The lowest BCUT2D eigenvalue weighted by atomic mass is 10.3. The number of methoxy groups -OCH3 is 1. The van der Waals surface area contributed by atoms with Crippen molar-refractivity contribution in [3.8, 4) is 0 Å². The molecule has 4 heteroatoms. The molecule has 1 rings (SSSR count). The Bertz CT molecular complexity index is 248. The van der Waals surface area contributed by atoms with E-state index in [1.807, 2.05) is 17.0 Å². The van der Waals surface area contributed by atoms with Crippen LogP contribution in [0.1, 0.15) is 5.56 Å². The fourth-order valence-electron chi connectivity index (χ4n) is 1.26. The van der Waals surface area contributed by atoms with E-state index in [0.717, 1.165) is 19.7 Å². The SMILES string of the molecule is COCCNCc1ccn(CCO)c1. The van der Waals surface area contributed by atoms with Crippen molar-refractivity contribution in [1.82, 2.24) is 9.88 Å². The summed E-state index contributed by atoms with van der Waals surface area (Å²) in [6.07, 6.45) is 4.01. The van der Waals surface area contributed by atoms with Crippen molar-refractivity contribution in [1.29, 1.82) is 0 Å². The maximum atomic E-state index is 8.72. The van der Waals surface area contributed by atoms with Crippen LogP contribution in [0.15, 0.2) is 18.5 Å². The van der Waals surface area contributed by atoms with Gasteiger partial charge in [0.05, 0.1) is 13.2 Å². The van der Waals surface area contributed by atoms with Crippen LogP contribution in [-0.4, -0.2) is 36.5 Å². The smallest absolute Gasteiger partial charge is 0.0610 e. The molecule has 4 nitrogen and oxygen atoms in total. The van der Waals surface area contributed by atoms with Gasteiger partial charge in [0.1, 0.15) is 0 Å². The van der Waals surface area contributed by atoms with E-state index in [1.165, 1.54) is 5.56 Å². The summed E-state index contributed by atoms with van der Waals surface area (Å²) in [4.78, 5) is 0. The monoisotopic (exact) mass is 198 g/mol. The molecular weight excluding hydrogens is 180 g/mol. The highest BCUT2D eigenvalue weighted by Gasteiger charge is 1.95. The first kappa shape index (κ1) is 11.2. The molecule has 0 spiro atoms. The Kier molecular flexibility index (Phi) is 5.29. The van der Waals surface area contributed by atoms with Crippen LogP contribution in [0.25, 0.3) is 0 Å². The number of nitrogens with one attached hydrogen (secondary N) is 1. The number of ether oxygens (including phenoxy) is 1. The first-order valence-electron chi connectivity index (χ1n) is 4.82. The zero-order chi connectivity index (χ0) is 10.2. The number of aliphatic hydroxyl groups excluding tert-OH is 1. The molecule has 0 bridgehead atoms. The second kappa shape index (κ2) is 6.59. The Balaban J connectivity index is 2.22. The molecule has 14 heavy (non-hydrogen) atoms. The normalized spacial score (nSPS) is 10.7. The Labute approximate surface area is 84.5 Å². The molecule has 0 unspecified atom stereocenters. The van der Waals surface area contributed by atoms with Gasteiger partial charge in [-0.25, -0.2) is 0 Å². The third-order valence-corrected chi connectivity index (χ3v) is 1.98. The van der Waals surface area contributed by atoms with Crippen LogP contribution in [0.5, 0.6) is 0 Å². The molecule has 0 radical (unpaired) electrons. The molecule has 0 aliphatic rings. The Hall–Kier alpha value is -0.840. The average Bonchev–Trinajstić information content (AvgIpc) is 2.61. The van der Waals surface area contributed by atoms with Gasteiger partial charge in [0, 0.05) is 39.1 Å². The van der Waals surface area contributed by atoms with Gasteiger partial charge in [0.2, 0.25) is 0 Å². The standard InChI is InChI=1S/C10H18N2O2/c1-14-7-3-11-8-10-2-4-12(9-10)5-6-13/h2,4,9,11,13H,3,5-8H2,1H3. The fraction of sp³-hybridized carbons (Fsp3) is 0.600. The zero-order valence-corrected chi connectivity index (χ0v) is 8.57. The van der Waals surface area contributed by atoms with Gasteiger partial charge in [-0.2, -0.15) is 0 Å². The third-order valence-electron chi connectivity index (χ3n) is 1.98. The fourth-order valence-corrected chi connectivity index (χ4v) is 1.26. The van der Waals surface area contributed by atoms with E-state index in [1.54, 1.807) is 7.11 Å². The van der Waals surface area contributed by atoms with Gasteiger partial charge in [-0.05, 0) is 11.6 Å². The Morgan fingerprint density at radius 1 is 1.57 bits per heavy atom. The maximum absolute atomic E-state index is 8.72. The van der Waals surface area contributed by atoms with Crippen molar-refractivity contribution in [2.45, 2.75) is 13.1 Å². The number of hydrogen-bond donors (Lipinski definition) is 2. The van der Waals surface area contributed by atoms with Crippen LogP contribution < -0.4 is 5.32 Å².